The van der Waals surface area contributed by atoms with Crippen molar-refractivity contribution in [1.29, 1.82) is 0 Å². The van der Waals surface area contributed by atoms with Crippen LogP contribution in [0.5, 0.6) is 11.5 Å². The third-order valence-electron chi connectivity index (χ3n) is 3.48. The Hall–Kier alpha value is -2.12. The molecule has 2 unspecified atom stereocenters. The second kappa shape index (κ2) is 6.11. The van der Waals surface area contributed by atoms with E-state index in [2.05, 4.69) is 0 Å². The highest BCUT2D eigenvalue weighted by Gasteiger charge is 2.39. The highest BCUT2D eigenvalue weighted by molar-refractivity contribution is 6.03. The summed E-state index contributed by atoms with van der Waals surface area (Å²) >= 11 is 0. The predicted molar refractivity (Wildman–Crippen MR) is 71.4 cm³/mol. The molecule has 0 bridgehead atoms. The number of phenols is 2. The van der Waals surface area contributed by atoms with Gasteiger partial charge in [0.25, 0.3) is 0 Å². The molecule has 1 aliphatic heterocycles. The second-order valence-electron chi connectivity index (χ2n) is 5.10. The smallest absolute Gasteiger partial charge is 0.233 e. The lowest BCUT2D eigenvalue weighted by Crippen LogP contribution is -2.38. The van der Waals surface area contributed by atoms with Gasteiger partial charge in [-0.05, 0) is 18.1 Å². The summed E-state index contributed by atoms with van der Waals surface area (Å²) in [4.78, 5) is 24.9. The largest absolute Gasteiger partial charge is 0.508 e. The van der Waals surface area contributed by atoms with Gasteiger partial charge in [0.05, 0.1) is 25.2 Å². The molecular formula is C14H17NO6. The Balaban J connectivity index is 2.08. The Morgan fingerprint density at radius 1 is 1.29 bits per heavy atom. The van der Waals surface area contributed by atoms with Crippen molar-refractivity contribution in [2.45, 2.75) is 18.9 Å². The first-order chi connectivity index (χ1) is 9.92. The predicted octanol–water partition coefficient (Wildman–Crippen LogP) is -0.631. The number of imide groups is 1. The van der Waals surface area contributed by atoms with Crippen LogP contribution in [0.3, 0.4) is 0 Å². The third-order valence-corrected chi connectivity index (χ3v) is 3.48. The van der Waals surface area contributed by atoms with E-state index < -0.39 is 30.4 Å². The van der Waals surface area contributed by atoms with Crippen molar-refractivity contribution in [3.8, 4) is 11.5 Å². The summed E-state index contributed by atoms with van der Waals surface area (Å²) in [6.45, 7) is -0.757. The van der Waals surface area contributed by atoms with Crippen LogP contribution >= 0.6 is 0 Å². The van der Waals surface area contributed by atoms with Crippen LogP contribution in [0.15, 0.2) is 18.2 Å². The van der Waals surface area contributed by atoms with Gasteiger partial charge in [-0.2, -0.15) is 0 Å². The van der Waals surface area contributed by atoms with Crippen LogP contribution in [0.2, 0.25) is 0 Å². The zero-order valence-corrected chi connectivity index (χ0v) is 11.3. The number of hydrogen-bond acceptors (Lipinski definition) is 6. The Bertz CT molecular complexity index is 558. The topological polar surface area (TPSA) is 118 Å². The fourth-order valence-corrected chi connectivity index (χ4v) is 2.36. The molecule has 2 amide bonds. The number of carbonyl (C=O) groups is 2. The van der Waals surface area contributed by atoms with Crippen molar-refractivity contribution >= 4 is 11.8 Å². The fourth-order valence-electron chi connectivity index (χ4n) is 2.36. The van der Waals surface area contributed by atoms with Crippen molar-refractivity contribution in [2.75, 3.05) is 13.2 Å². The quantitative estimate of drug-likeness (QED) is 0.537. The first kappa shape index (κ1) is 15.3. The minimum Gasteiger partial charge on any atom is -0.508 e. The lowest BCUT2D eigenvalue weighted by molar-refractivity contribution is -0.141. The second-order valence-corrected chi connectivity index (χ2v) is 5.10. The molecule has 7 nitrogen and oxygen atoms in total. The maximum absolute atomic E-state index is 12.1. The van der Waals surface area contributed by atoms with Gasteiger partial charge in [0.2, 0.25) is 11.8 Å². The average Bonchev–Trinajstić information content (AvgIpc) is 2.69. The highest BCUT2D eigenvalue weighted by atomic mass is 16.3. The summed E-state index contributed by atoms with van der Waals surface area (Å²) in [5.74, 6) is -1.67. The summed E-state index contributed by atoms with van der Waals surface area (Å²) in [6.07, 6.45) is -0.988. The number of rotatable bonds is 5. The summed E-state index contributed by atoms with van der Waals surface area (Å²) in [6, 6.07) is 4.06. The molecule has 0 radical (unpaired) electrons. The third kappa shape index (κ3) is 3.32. The zero-order chi connectivity index (χ0) is 15.6. The molecule has 1 aromatic rings. The number of amides is 2. The van der Waals surface area contributed by atoms with Crippen molar-refractivity contribution in [3.05, 3.63) is 23.8 Å². The van der Waals surface area contributed by atoms with Gasteiger partial charge in [-0.1, -0.05) is 6.07 Å². The standard InChI is InChI=1S/C14H17NO6/c16-7-11(18)6-15-13(20)4-9(14(15)21)3-8-1-2-10(17)5-12(8)19/h1-2,5,9,11,16-19H,3-4,6-7H2. The van der Waals surface area contributed by atoms with Gasteiger partial charge in [0, 0.05) is 12.5 Å². The Labute approximate surface area is 121 Å². The summed E-state index contributed by atoms with van der Waals surface area (Å²) in [7, 11) is 0. The summed E-state index contributed by atoms with van der Waals surface area (Å²) in [5, 5.41) is 37.0. The van der Waals surface area contributed by atoms with E-state index in [1.807, 2.05) is 0 Å². The van der Waals surface area contributed by atoms with Gasteiger partial charge in [-0.15, -0.1) is 0 Å². The number of aliphatic hydroxyl groups excluding tert-OH is 2. The van der Waals surface area contributed by atoms with Gasteiger partial charge < -0.3 is 20.4 Å². The zero-order valence-electron chi connectivity index (χ0n) is 11.3. The van der Waals surface area contributed by atoms with Crippen LogP contribution in [0.4, 0.5) is 0 Å². The maximum atomic E-state index is 12.1. The Kier molecular flexibility index (Phi) is 4.44. The molecule has 114 valence electrons. The molecule has 1 aromatic carbocycles. The number of likely N-dealkylation sites (tertiary alicyclic amines) is 1. The highest BCUT2D eigenvalue weighted by Crippen LogP contribution is 2.29. The van der Waals surface area contributed by atoms with Crippen molar-refractivity contribution in [1.82, 2.24) is 4.90 Å². The molecule has 1 aliphatic rings. The van der Waals surface area contributed by atoms with Gasteiger partial charge >= 0.3 is 0 Å². The van der Waals surface area contributed by atoms with E-state index in [9.17, 15) is 24.9 Å². The van der Waals surface area contributed by atoms with Crippen molar-refractivity contribution in [2.24, 2.45) is 5.92 Å². The number of phenolic OH excluding ortho intramolecular Hbond substituents is 2. The SMILES string of the molecule is O=C1CC(Cc2ccc(O)cc2O)C(=O)N1CC(O)CO. The van der Waals surface area contributed by atoms with Crippen LogP contribution in [-0.2, 0) is 16.0 Å². The van der Waals surface area contributed by atoms with Gasteiger partial charge in [-0.25, -0.2) is 0 Å². The van der Waals surface area contributed by atoms with Crippen molar-refractivity contribution < 1.29 is 30.0 Å². The molecule has 2 rings (SSSR count). The fraction of sp³-hybridized carbons (Fsp3) is 0.429. The van der Waals surface area contributed by atoms with E-state index in [0.29, 0.717) is 5.56 Å². The number of β-amino-alcohol motifs (C(OH)–C–C–N with tert-alkyl or cyclic N) is 1. The van der Waals surface area contributed by atoms with Crippen LogP contribution in [-0.4, -0.2) is 56.4 Å². The van der Waals surface area contributed by atoms with Crippen LogP contribution in [0.1, 0.15) is 12.0 Å². The number of benzene rings is 1. The molecule has 7 heteroatoms. The lowest BCUT2D eigenvalue weighted by atomic mass is 9.97. The van der Waals surface area contributed by atoms with E-state index >= 15 is 0 Å². The van der Waals surface area contributed by atoms with Gasteiger partial charge in [0.15, 0.2) is 0 Å². The molecular weight excluding hydrogens is 278 g/mol. The van der Waals surface area contributed by atoms with Gasteiger partial charge in [-0.3, -0.25) is 14.5 Å². The summed E-state index contributed by atoms with van der Waals surface area (Å²) in [5.41, 5.74) is 0.462. The number of aliphatic hydroxyl groups is 2. The van der Waals surface area contributed by atoms with Gasteiger partial charge in [0.1, 0.15) is 11.5 Å². The molecule has 1 saturated heterocycles. The lowest BCUT2D eigenvalue weighted by Gasteiger charge is -2.17. The van der Waals surface area contributed by atoms with E-state index in [-0.39, 0.29) is 30.9 Å². The Morgan fingerprint density at radius 3 is 2.62 bits per heavy atom. The molecule has 1 heterocycles. The number of nitrogens with zero attached hydrogens (tertiary/aromatic N) is 1. The molecule has 1 fully saturated rings. The molecule has 21 heavy (non-hydrogen) atoms. The van der Waals surface area contributed by atoms with E-state index in [0.717, 1.165) is 4.90 Å². The molecule has 0 aliphatic carbocycles. The van der Waals surface area contributed by atoms with E-state index in [1.165, 1.54) is 18.2 Å². The Morgan fingerprint density at radius 2 is 2.00 bits per heavy atom. The van der Waals surface area contributed by atoms with Crippen LogP contribution < -0.4 is 0 Å². The first-order valence-electron chi connectivity index (χ1n) is 6.56. The molecule has 0 aromatic heterocycles. The molecule has 4 N–H and O–H groups in total. The first-order valence-corrected chi connectivity index (χ1v) is 6.56. The van der Waals surface area contributed by atoms with E-state index in [4.69, 9.17) is 5.11 Å². The van der Waals surface area contributed by atoms with Crippen molar-refractivity contribution in [3.63, 3.8) is 0 Å². The average molecular weight is 295 g/mol. The number of carbonyl (C=O) groups excluding carboxylic acids is 2. The normalized spacial score (nSPS) is 20.1. The monoisotopic (exact) mass is 295 g/mol. The van der Waals surface area contributed by atoms with E-state index in [1.54, 1.807) is 0 Å². The number of aromatic hydroxyl groups is 2. The molecule has 0 saturated carbocycles. The number of hydrogen-bond donors (Lipinski definition) is 4. The van der Waals surface area contributed by atoms with Crippen LogP contribution in [0, 0.1) is 5.92 Å². The van der Waals surface area contributed by atoms with Crippen LogP contribution in [0.25, 0.3) is 0 Å². The minimum atomic E-state index is -1.15. The maximum Gasteiger partial charge on any atom is 0.233 e. The summed E-state index contributed by atoms with van der Waals surface area (Å²) < 4.78 is 0. The minimum absolute atomic E-state index is 0.00268. The molecule has 0 spiro atoms. The molecule has 2 atom stereocenters.